The molecule has 0 spiro atoms. The smallest absolute Gasteiger partial charge is 0.119 e. The zero-order valence-electron chi connectivity index (χ0n) is 10.4. The number of rotatable bonds is 5. The lowest BCUT2D eigenvalue weighted by molar-refractivity contribution is 0.305. The van der Waals surface area contributed by atoms with E-state index in [-0.39, 0.29) is 0 Å². The van der Waals surface area contributed by atoms with Gasteiger partial charge in [0, 0.05) is 18.3 Å². The molecule has 0 radical (unpaired) electrons. The van der Waals surface area contributed by atoms with E-state index in [4.69, 9.17) is 10.00 Å². The van der Waals surface area contributed by atoms with Gasteiger partial charge in [-0.25, -0.2) is 0 Å². The molecule has 96 valence electrons. The van der Waals surface area contributed by atoms with Gasteiger partial charge in [-0.05, 0) is 42.9 Å². The molecule has 4 heteroatoms. The summed E-state index contributed by atoms with van der Waals surface area (Å²) < 4.78 is 5.62. The summed E-state index contributed by atoms with van der Waals surface area (Å²) in [4.78, 5) is 0. The highest BCUT2D eigenvalue weighted by molar-refractivity contribution is 7.99. The lowest BCUT2D eigenvalue weighted by Crippen LogP contribution is -2.36. The molecule has 1 fully saturated rings. The van der Waals surface area contributed by atoms with Crippen molar-refractivity contribution in [3.8, 4) is 11.8 Å². The van der Waals surface area contributed by atoms with Gasteiger partial charge in [-0.2, -0.15) is 17.0 Å². The quantitative estimate of drug-likeness (QED) is 0.828. The molecule has 0 amide bonds. The van der Waals surface area contributed by atoms with Crippen LogP contribution in [0.1, 0.15) is 18.4 Å². The molecule has 18 heavy (non-hydrogen) atoms. The molecule has 1 unspecified atom stereocenters. The number of hydrogen-bond acceptors (Lipinski definition) is 4. The van der Waals surface area contributed by atoms with E-state index in [2.05, 4.69) is 11.4 Å². The van der Waals surface area contributed by atoms with Crippen molar-refractivity contribution >= 4 is 11.8 Å². The standard InChI is InChI=1S/C14H18N2OS/c15-10-12-3-5-14(6-4-12)17-8-7-16-13-2-1-9-18-11-13/h3-6,13,16H,1-2,7-9,11H2. The highest BCUT2D eigenvalue weighted by Gasteiger charge is 2.12. The Morgan fingerprint density at radius 2 is 2.22 bits per heavy atom. The summed E-state index contributed by atoms with van der Waals surface area (Å²) in [7, 11) is 0. The molecule has 1 N–H and O–H groups in total. The number of hydrogen-bond donors (Lipinski definition) is 1. The maximum Gasteiger partial charge on any atom is 0.119 e. The number of nitrogens with zero attached hydrogens (tertiary/aromatic N) is 1. The molecule has 1 aliphatic heterocycles. The fourth-order valence-corrected chi connectivity index (χ4v) is 3.07. The maximum atomic E-state index is 8.68. The first-order chi connectivity index (χ1) is 8.88. The molecule has 1 atom stereocenters. The van der Waals surface area contributed by atoms with Gasteiger partial charge in [0.05, 0.1) is 11.6 Å². The van der Waals surface area contributed by atoms with Gasteiger partial charge >= 0.3 is 0 Å². The van der Waals surface area contributed by atoms with Crippen molar-refractivity contribution in [1.82, 2.24) is 5.32 Å². The van der Waals surface area contributed by atoms with Crippen LogP contribution in [0, 0.1) is 11.3 Å². The molecule has 2 rings (SSSR count). The zero-order valence-corrected chi connectivity index (χ0v) is 11.2. The number of nitriles is 1. The van der Waals surface area contributed by atoms with E-state index in [0.29, 0.717) is 18.2 Å². The minimum atomic E-state index is 0.647. The maximum absolute atomic E-state index is 8.68. The number of benzene rings is 1. The van der Waals surface area contributed by atoms with Crippen LogP contribution in [0.15, 0.2) is 24.3 Å². The first-order valence-electron chi connectivity index (χ1n) is 6.32. The van der Waals surface area contributed by atoms with Crippen molar-refractivity contribution < 1.29 is 4.74 Å². The van der Waals surface area contributed by atoms with Crippen LogP contribution in [0.3, 0.4) is 0 Å². The Bertz CT molecular complexity index is 393. The first kappa shape index (κ1) is 13.3. The van der Waals surface area contributed by atoms with Crippen LogP contribution in [0.2, 0.25) is 0 Å². The van der Waals surface area contributed by atoms with Gasteiger partial charge < -0.3 is 10.1 Å². The third-order valence-electron chi connectivity index (χ3n) is 2.95. The Labute approximate surface area is 113 Å². The molecule has 0 saturated carbocycles. The van der Waals surface area contributed by atoms with Crippen molar-refractivity contribution in [1.29, 1.82) is 5.26 Å². The van der Waals surface area contributed by atoms with Gasteiger partial charge in [-0.1, -0.05) is 0 Å². The summed E-state index contributed by atoms with van der Waals surface area (Å²) in [5.41, 5.74) is 0.666. The number of ether oxygens (including phenoxy) is 1. The van der Waals surface area contributed by atoms with E-state index in [9.17, 15) is 0 Å². The van der Waals surface area contributed by atoms with E-state index >= 15 is 0 Å². The summed E-state index contributed by atoms with van der Waals surface area (Å²) in [5.74, 6) is 3.35. The van der Waals surface area contributed by atoms with Crippen LogP contribution in [-0.4, -0.2) is 30.7 Å². The van der Waals surface area contributed by atoms with Gasteiger partial charge in [0.2, 0.25) is 0 Å². The predicted octanol–water partition coefficient (Wildman–Crippen LogP) is 2.42. The molecular formula is C14H18N2OS. The monoisotopic (exact) mass is 262 g/mol. The second-order valence-electron chi connectivity index (χ2n) is 4.35. The summed E-state index contributed by atoms with van der Waals surface area (Å²) in [6, 6.07) is 9.98. The van der Waals surface area contributed by atoms with E-state index in [1.54, 1.807) is 12.1 Å². The summed E-state index contributed by atoms with van der Waals surface area (Å²) >= 11 is 2.03. The number of thioether (sulfide) groups is 1. The number of nitrogens with one attached hydrogen (secondary N) is 1. The molecule has 1 aliphatic rings. The van der Waals surface area contributed by atoms with Gasteiger partial charge in [-0.3, -0.25) is 0 Å². The molecule has 3 nitrogen and oxygen atoms in total. The van der Waals surface area contributed by atoms with Gasteiger partial charge in [0.1, 0.15) is 12.4 Å². The first-order valence-corrected chi connectivity index (χ1v) is 7.48. The molecule has 0 bridgehead atoms. The largest absolute Gasteiger partial charge is 0.492 e. The van der Waals surface area contributed by atoms with Crippen molar-refractivity contribution in [3.63, 3.8) is 0 Å². The van der Waals surface area contributed by atoms with E-state index < -0.39 is 0 Å². The average Bonchev–Trinajstić information content (AvgIpc) is 2.45. The molecule has 1 saturated heterocycles. The Balaban J connectivity index is 1.63. The second kappa shape index (κ2) is 7.30. The summed E-state index contributed by atoms with van der Waals surface area (Å²) in [6.45, 7) is 1.55. The minimum Gasteiger partial charge on any atom is -0.492 e. The van der Waals surface area contributed by atoms with Gasteiger partial charge in [-0.15, -0.1) is 0 Å². The third-order valence-corrected chi connectivity index (χ3v) is 4.16. The van der Waals surface area contributed by atoms with Crippen LogP contribution in [-0.2, 0) is 0 Å². The van der Waals surface area contributed by atoms with Crippen molar-refractivity contribution in [3.05, 3.63) is 29.8 Å². The summed E-state index contributed by atoms with van der Waals surface area (Å²) in [5, 5.41) is 12.2. The Hall–Kier alpha value is -1.18. The van der Waals surface area contributed by atoms with E-state index in [1.165, 1.54) is 24.3 Å². The molecule has 0 aromatic heterocycles. The highest BCUT2D eigenvalue weighted by atomic mass is 32.2. The van der Waals surface area contributed by atoms with Gasteiger partial charge in [0.25, 0.3) is 0 Å². The minimum absolute atomic E-state index is 0.647. The topological polar surface area (TPSA) is 45.0 Å². The molecular weight excluding hydrogens is 244 g/mol. The second-order valence-corrected chi connectivity index (χ2v) is 5.50. The Kier molecular flexibility index (Phi) is 5.37. The van der Waals surface area contributed by atoms with Gasteiger partial charge in [0.15, 0.2) is 0 Å². The summed E-state index contributed by atoms with van der Waals surface area (Å²) in [6.07, 6.45) is 2.60. The molecule has 1 aromatic carbocycles. The Morgan fingerprint density at radius 3 is 2.89 bits per heavy atom. The molecule has 0 aliphatic carbocycles. The normalized spacial score (nSPS) is 19.2. The van der Waals surface area contributed by atoms with E-state index in [1.807, 2.05) is 23.9 Å². The van der Waals surface area contributed by atoms with Crippen molar-refractivity contribution in [2.75, 3.05) is 24.7 Å². The van der Waals surface area contributed by atoms with Crippen LogP contribution < -0.4 is 10.1 Å². The lowest BCUT2D eigenvalue weighted by atomic mass is 10.2. The lowest BCUT2D eigenvalue weighted by Gasteiger charge is -2.22. The fourth-order valence-electron chi connectivity index (χ4n) is 1.96. The fraction of sp³-hybridized carbons (Fsp3) is 0.500. The van der Waals surface area contributed by atoms with Crippen LogP contribution in [0.4, 0.5) is 0 Å². The predicted molar refractivity (Wildman–Crippen MR) is 75.0 cm³/mol. The van der Waals surface area contributed by atoms with Crippen molar-refractivity contribution in [2.45, 2.75) is 18.9 Å². The molecule has 1 heterocycles. The Morgan fingerprint density at radius 1 is 1.39 bits per heavy atom. The third kappa shape index (κ3) is 4.25. The van der Waals surface area contributed by atoms with Crippen molar-refractivity contribution in [2.24, 2.45) is 0 Å². The average molecular weight is 262 g/mol. The van der Waals surface area contributed by atoms with Crippen LogP contribution >= 0.6 is 11.8 Å². The highest BCUT2D eigenvalue weighted by Crippen LogP contribution is 2.16. The van der Waals surface area contributed by atoms with Crippen LogP contribution in [0.25, 0.3) is 0 Å². The van der Waals surface area contributed by atoms with Crippen LogP contribution in [0.5, 0.6) is 5.75 Å². The molecule has 1 aromatic rings. The van der Waals surface area contributed by atoms with E-state index in [0.717, 1.165) is 12.3 Å². The zero-order chi connectivity index (χ0) is 12.6. The SMILES string of the molecule is N#Cc1ccc(OCCNC2CCCSC2)cc1.